The van der Waals surface area contributed by atoms with Crippen molar-refractivity contribution in [1.29, 1.82) is 0 Å². The van der Waals surface area contributed by atoms with Gasteiger partial charge in [0, 0.05) is 21.0 Å². The number of hydrogen-bond donors (Lipinski definition) is 1. The molecule has 1 aromatic rings. The molecule has 12 heavy (non-hydrogen) atoms. The molecule has 0 aromatic heterocycles. The molecule has 2 nitrogen and oxygen atoms in total. The Labute approximate surface area is 85.0 Å². The molecule has 0 amide bonds. The summed E-state index contributed by atoms with van der Waals surface area (Å²) >= 11 is 4.87. The van der Waals surface area contributed by atoms with Crippen molar-refractivity contribution in [2.75, 3.05) is 13.0 Å². The summed E-state index contributed by atoms with van der Waals surface area (Å²) in [5.41, 5.74) is 0. The molecule has 1 aromatic carbocycles. The maximum absolute atomic E-state index is 5.04. The Morgan fingerprint density at radius 2 is 2.08 bits per heavy atom. The highest BCUT2D eigenvalue weighted by Crippen LogP contribution is 2.20. The first-order valence-electron chi connectivity index (χ1n) is 3.47. The molecule has 0 aliphatic carbocycles. The van der Waals surface area contributed by atoms with Crippen molar-refractivity contribution in [2.24, 2.45) is 0 Å². The molecule has 0 bridgehead atoms. The van der Waals surface area contributed by atoms with Gasteiger partial charge in [0.2, 0.25) is 0 Å². The van der Waals surface area contributed by atoms with Crippen LogP contribution in [-0.4, -0.2) is 13.0 Å². The first-order valence-corrected chi connectivity index (χ1v) is 5.25. The first-order chi connectivity index (χ1) is 5.86. The normalized spacial score (nSPS) is 9.83. The average Bonchev–Trinajstić information content (AvgIpc) is 2.15. The fraction of sp³-hybridized carbons (Fsp3) is 0.250. The van der Waals surface area contributed by atoms with Gasteiger partial charge in [-0.1, -0.05) is 0 Å². The van der Waals surface area contributed by atoms with E-state index in [4.69, 9.17) is 4.74 Å². The predicted octanol–water partition coefficient (Wildman–Crippen LogP) is 2.64. The van der Waals surface area contributed by atoms with Crippen LogP contribution in [0, 0.1) is 0 Å². The molecule has 4 heteroatoms. The van der Waals surface area contributed by atoms with Crippen LogP contribution in [0.25, 0.3) is 0 Å². The van der Waals surface area contributed by atoms with E-state index >= 15 is 0 Å². The second-order valence-electron chi connectivity index (χ2n) is 2.10. The fourth-order valence-electron chi connectivity index (χ4n) is 0.783. The third-order valence-electron chi connectivity index (χ3n) is 1.35. The van der Waals surface area contributed by atoms with E-state index in [9.17, 15) is 0 Å². The molecule has 0 saturated carbocycles. The van der Waals surface area contributed by atoms with Crippen LogP contribution in [0.5, 0.6) is 5.75 Å². The number of methoxy groups -OCH3 is 1. The van der Waals surface area contributed by atoms with Crippen LogP contribution < -0.4 is 9.08 Å². The van der Waals surface area contributed by atoms with Crippen molar-refractivity contribution in [3.8, 4) is 5.75 Å². The van der Waals surface area contributed by atoms with Crippen molar-refractivity contribution in [3.63, 3.8) is 0 Å². The standard InChI is InChI=1S/C8H10BrNOS/c1-11-7-2-4-8(5-3-7)12-6-10-9/h2-5,10H,6H2,1H3. The summed E-state index contributed by atoms with van der Waals surface area (Å²) in [5.74, 6) is 1.75. The Balaban J connectivity index is 2.53. The number of benzene rings is 1. The minimum Gasteiger partial charge on any atom is -0.497 e. The van der Waals surface area contributed by atoms with Gasteiger partial charge >= 0.3 is 0 Å². The highest BCUT2D eigenvalue weighted by Gasteiger charge is 1.93. The zero-order chi connectivity index (χ0) is 8.81. The smallest absolute Gasteiger partial charge is 0.118 e. The molecule has 66 valence electrons. The zero-order valence-corrected chi connectivity index (χ0v) is 9.11. The molecule has 0 saturated heterocycles. The lowest BCUT2D eigenvalue weighted by atomic mass is 10.3. The molecule has 0 unspecified atom stereocenters. The summed E-state index contributed by atoms with van der Waals surface area (Å²) in [6.07, 6.45) is 0. The molecule has 0 aliphatic heterocycles. The van der Waals surface area contributed by atoms with Crippen LogP contribution in [0.1, 0.15) is 0 Å². The topological polar surface area (TPSA) is 21.3 Å². The van der Waals surface area contributed by atoms with Crippen LogP contribution >= 0.6 is 27.9 Å². The molecule has 0 atom stereocenters. The van der Waals surface area contributed by atoms with Gasteiger partial charge in [-0.05, 0) is 24.3 Å². The molecule has 0 fully saturated rings. The Morgan fingerprint density at radius 1 is 1.42 bits per heavy atom. The Bertz CT molecular complexity index is 227. The molecular weight excluding hydrogens is 238 g/mol. The van der Waals surface area contributed by atoms with Crippen LogP contribution in [-0.2, 0) is 0 Å². The van der Waals surface area contributed by atoms with Gasteiger partial charge in [-0.15, -0.1) is 11.8 Å². The summed E-state index contributed by atoms with van der Waals surface area (Å²) in [4.78, 5) is 1.22. The second kappa shape index (κ2) is 5.45. The van der Waals surface area contributed by atoms with E-state index in [1.54, 1.807) is 18.9 Å². The summed E-state index contributed by atoms with van der Waals surface area (Å²) in [6.45, 7) is 0. The van der Waals surface area contributed by atoms with Crippen LogP contribution in [0.3, 0.4) is 0 Å². The van der Waals surface area contributed by atoms with Crippen LogP contribution in [0.4, 0.5) is 0 Å². The lowest BCUT2D eigenvalue weighted by molar-refractivity contribution is 0.414. The highest BCUT2D eigenvalue weighted by atomic mass is 79.9. The molecule has 1 rings (SSSR count). The number of halogens is 1. The van der Waals surface area contributed by atoms with Gasteiger partial charge in [-0.3, -0.25) is 0 Å². The van der Waals surface area contributed by atoms with E-state index in [2.05, 4.69) is 20.5 Å². The number of thioether (sulfide) groups is 1. The zero-order valence-electron chi connectivity index (χ0n) is 6.71. The van der Waals surface area contributed by atoms with Gasteiger partial charge in [0.1, 0.15) is 5.75 Å². The SMILES string of the molecule is COc1ccc(SCNBr)cc1. The molecular formula is C8H10BrNOS. The van der Waals surface area contributed by atoms with Gasteiger partial charge in [-0.25, -0.2) is 4.34 Å². The van der Waals surface area contributed by atoms with Crippen molar-refractivity contribution >= 4 is 27.9 Å². The van der Waals surface area contributed by atoms with Crippen LogP contribution in [0.2, 0.25) is 0 Å². The van der Waals surface area contributed by atoms with Gasteiger partial charge in [0.25, 0.3) is 0 Å². The fourth-order valence-corrected chi connectivity index (χ4v) is 1.68. The second-order valence-corrected chi connectivity index (χ2v) is 3.71. The first kappa shape index (κ1) is 9.89. The maximum atomic E-state index is 5.04. The quantitative estimate of drug-likeness (QED) is 0.503. The van der Waals surface area contributed by atoms with E-state index in [1.807, 2.05) is 24.3 Å². The monoisotopic (exact) mass is 247 g/mol. The Kier molecular flexibility index (Phi) is 4.50. The third-order valence-corrected chi connectivity index (χ3v) is 2.90. The minimum atomic E-state index is 0.854. The lowest BCUT2D eigenvalue weighted by Gasteiger charge is -2.01. The van der Waals surface area contributed by atoms with Gasteiger partial charge in [0.05, 0.1) is 13.0 Å². The number of nitrogens with one attached hydrogen (secondary N) is 1. The minimum absolute atomic E-state index is 0.854. The van der Waals surface area contributed by atoms with E-state index in [0.717, 1.165) is 11.6 Å². The highest BCUT2D eigenvalue weighted by molar-refractivity contribution is 9.08. The maximum Gasteiger partial charge on any atom is 0.118 e. The van der Waals surface area contributed by atoms with Gasteiger partial charge in [0.15, 0.2) is 0 Å². The number of hydrogen-bond acceptors (Lipinski definition) is 3. The van der Waals surface area contributed by atoms with Crippen molar-refractivity contribution < 1.29 is 4.74 Å². The van der Waals surface area contributed by atoms with Gasteiger partial charge < -0.3 is 4.74 Å². The lowest BCUT2D eigenvalue weighted by Crippen LogP contribution is -1.93. The van der Waals surface area contributed by atoms with Crippen molar-refractivity contribution in [3.05, 3.63) is 24.3 Å². The largest absolute Gasteiger partial charge is 0.497 e. The molecule has 0 heterocycles. The summed E-state index contributed by atoms with van der Waals surface area (Å²) in [5, 5.41) is 0. The Hall–Kier alpha value is -0.190. The Morgan fingerprint density at radius 3 is 2.58 bits per heavy atom. The third kappa shape index (κ3) is 3.05. The average molecular weight is 248 g/mol. The molecule has 0 aliphatic rings. The molecule has 1 N–H and O–H groups in total. The molecule has 0 spiro atoms. The van der Waals surface area contributed by atoms with Crippen molar-refractivity contribution in [1.82, 2.24) is 4.34 Å². The van der Waals surface area contributed by atoms with Crippen LogP contribution in [0.15, 0.2) is 29.2 Å². The van der Waals surface area contributed by atoms with E-state index < -0.39 is 0 Å². The summed E-state index contributed by atoms with van der Waals surface area (Å²) in [7, 11) is 1.67. The summed E-state index contributed by atoms with van der Waals surface area (Å²) in [6, 6.07) is 7.98. The summed E-state index contributed by atoms with van der Waals surface area (Å²) < 4.78 is 7.93. The van der Waals surface area contributed by atoms with E-state index in [0.29, 0.717) is 0 Å². The van der Waals surface area contributed by atoms with Gasteiger partial charge in [-0.2, -0.15) is 0 Å². The number of rotatable bonds is 4. The van der Waals surface area contributed by atoms with E-state index in [1.165, 1.54) is 4.90 Å². The van der Waals surface area contributed by atoms with E-state index in [-0.39, 0.29) is 0 Å². The van der Waals surface area contributed by atoms with Crippen molar-refractivity contribution in [2.45, 2.75) is 4.90 Å². The molecule has 0 radical (unpaired) electrons. The number of ether oxygens (including phenoxy) is 1. The predicted molar refractivity (Wildman–Crippen MR) is 55.8 cm³/mol.